The van der Waals surface area contributed by atoms with Crippen molar-refractivity contribution in [3.63, 3.8) is 0 Å². The molecule has 2 aliphatic heterocycles. The van der Waals surface area contributed by atoms with Crippen molar-refractivity contribution in [2.24, 2.45) is 5.41 Å². The van der Waals surface area contributed by atoms with E-state index in [-0.39, 0.29) is 23.1 Å². The first-order valence-corrected chi connectivity index (χ1v) is 11.1. The number of carbonyl (C=O) groups is 1. The maximum atomic E-state index is 14.1. The Morgan fingerprint density at radius 1 is 1.27 bits per heavy atom. The number of hydrogen-bond donors (Lipinski definition) is 2. The van der Waals surface area contributed by atoms with Gasteiger partial charge in [-0.05, 0) is 29.8 Å². The molecule has 0 aliphatic carbocycles. The lowest BCUT2D eigenvalue weighted by atomic mass is 9.83. The molecule has 1 spiro atoms. The van der Waals surface area contributed by atoms with Gasteiger partial charge in [0.05, 0.1) is 20.3 Å². The lowest BCUT2D eigenvalue weighted by Gasteiger charge is -2.46. The van der Waals surface area contributed by atoms with E-state index in [1.807, 2.05) is 17.0 Å². The second kappa shape index (κ2) is 12.1. The third-order valence-corrected chi connectivity index (χ3v) is 5.71. The first-order valence-electron chi connectivity index (χ1n) is 11.1. The first kappa shape index (κ1) is 28.0. The lowest BCUT2D eigenvalue weighted by molar-refractivity contribution is -0.239. The number of hydrogen-bond acceptors (Lipinski definition) is 9. The Morgan fingerprint density at radius 3 is 2.41 bits per heavy atom. The Kier molecular flexibility index (Phi) is 9.19. The van der Waals surface area contributed by atoms with Gasteiger partial charge in [0.25, 0.3) is 0 Å². The van der Waals surface area contributed by atoms with Crippen LogP contribution >= 0.6 is 0 Å². The van der Waals surface area contributed by atoms with Crippen LogP contribution in [-0.4, -0.2) is 73.7 Å². The summed E-state index contributed by atoms with van der Waals surface area (Å²) in [5.41, 5.74) is 1.13. The van der Waals surface area contributed by atoms with E-state index in [1.165, 1.54) is 13.2 Å². The molecule has 3 heterocycles. The molecule has 1 aromatic carbocycles. The van der Waals surface area contributed by atoms with E-state index >= 15 is 0 Å². The van der Waals surface area contributed by atoms with E-state index in [9.17, 15) is 17.6 Å². The van der Waals surface area contributed by atoms with Crippen LogP contribution in [0.25, 0.3) is 0 Å². The topological polar surface area (TPSA) is 130 Å². The maximum Gasteiger partial charge on any atom is 0.490 e. The normalized spacial score (nSPS) is 16.6. The Bertz CT molecular complexity index is 1100. The second-order valence-corrected chi connectivity index (χ2v) is 8.53. The summed E-state index contributed by atoms with van der Waals surface area (Å²) < 4.78 is 62.7. The zero-order chi connectivity index (χ0) is 27.1. The smallest absolute Gasteiger partial charge is 0.490 e. The highest BCUT2D eigenvalue weighted by Gasteiger charge is 2.42. The van der Waals surface area contributed by atoms with Crippen LogP contribution < -0.4 is 15.0 Å². The Labute approximate surface area is 209 Å². The molecule has 200 valence electrons. The summed E-state index contributed by atoms with van der Waals surface area (Å²) in [7, 11) is 1.44. The van der Waals surface area contributed by atoms with Crippen LogP contribution in [-0.2, 0) is 20.8 Å². The number of ether oxygens (including phenoxy) is 3. The van der Waals surface area contributed by atoms with Crippen molar-refractivity contribution >= 4 is 11.8 Å². The number of halogens is 4. The fourth-order valence-corrected chi connectivity index (χ4v) is 3.60. The molecule has 0 atom stereocenters. The number of carboxylic acids is 1. The largest absolute Gasteiger partial charge is 0.494 e. The molecule has 0 unspecified atom stereocenters. The van der Waals surface area contributed by atoms with Crippen molar-refractivity contribution in [1.29, 1.82) is 5.26 Å². The molecular weight excluding hydrogens is 502 g/mol. The van der Waals surface area contributed by atoms with Gasteiger partial charge in [0.1, 0.15) is 6.07 Å². The number of nitriles is 1. The molecule has 0 saturated carbocycles. The minimum atomic E-state index is -5.08. The predicted molar refractivity (Wildman–Crippen MR) is 120 cm³/mol. The van der Waals surface area contributed by atoms with E-state index < -0.39 is 18.0 Å². The first-order chi connectivity index (χ1) is 17.5. The standard InChI is InChI=1S/C21H24FN5O3.C2HF3O2/c1-28-18-4-2-15(8-17(18)22)10-27(19-5-3-16(9-23)25-26-19)7-6-20-29-13-21(14-30-20)11-24-12-21;3-2(4,5)1(6)7/h2-5,8,20,24H,6-7,10-14H2,1H3;(H,6,7). The van der Waals surface area contributed by atoms with Gasteiger partial charge in [-0.1, -0.05) is 6.07 Å². The monoisotopic (exact) mass is 527 g/mol. The van der Waals surface area contributed by atoms with E-state index in [0.29, 0.717) is 38.5 Å². The van der Waals surface area contributed by atoms with Crippen molar-refractivity contribution in [2.75, 3.05) is 44.9 Å². The molecule has 2 saturated heterocycles. The van der Waals surface area contributed by atoms with Crippen molar-refractivity contribution < 1.29 is 41.7 Å². The third-order valence-electron chi connectivity index (χ3n) is 5.71. The van der Waals surface area contributed by atoms with Gasteiger partial charge in [-0.15, -0.1) is 10.2 Å². The van der Waals surface area contributed by atoms with Crippen molar-refractivity contribution in [3.8, 4) is 11.8 Å². The van der Waals surface area contributed by atoms with Gasteiger partial charge >= 0.3 is 12.1 Å². The van der Waals surface area contributed by atoms with Crippen LogP contribution in [0.5, 0.6) is 5.75 Å². The van der Waals surface area contributed by atoms with Crippen molar-refractivity contribution in [2.45, 2.75) is 25.4 Å². The molecule has 2 fully saturated rings. The van der Waals surface area contributed by atoms with Gasteiger partial charge in [0.2, 0.25) is 0 Å². The number of nitrogens with zero attached hydrogens (tertiary/aromatic N) is 4. The Hall–Kier alpha value is -3.54. The fraction of sp³-hybridized carbons (Fsp3) is 0.478. The van der Waals surface area contributed by atoms with Gasteiger partial charge in [0.15, 0.2) is 29.4 Å². The van der Waals surface area contributed by atoms with Crippen molar-refractivity contribution in [3.05, 3.63) is 47.4 Å². The summed E-state index contributed by atoms with van der Waals surface area (Å²) in [6.07, 6.45) is -4.75. The number of anilines is 1. The quantitative estimate of drug-likeness (QED) is 0.518. The van der Waals surface area contributed by atoms with Crippen molar-refractivity contribution in [1.82, 2.24) is 15.5 Å². The maximum absolute atomic E-state index is 14.1. The molecule has 1 aromatic heterocycles. The van der Waals surface area contributed by atoms with Gasteiger partial charge in [-0.25, -0.2) is 9.18 Å². The molecule has 2 aromatic rings. The number of aromatic nitrogens is 2. The van der Waals surface area contributed by atoms with Gasteiger partial charge in [-0.2, -0.15) is 18.4 Å². The van der Waals surface area contributed by atoms with Crippen LogP contribution in [0.3, 0.4) is 0 Å². The molecule has 0 bridgehead atoms. The highest BCUT2D eigenvalue weighted by Crippen LogP contribution is 2.30. The van der Waals surface area contributed by atoms with Gasteiger partial charge in [-0.3, -0.25) is 0 Å². The van der Waals surface area contributed by atoms with E-state index in [2.05, 4.69) is 15.5 Å². The molecule has 2 aliphatic rings. The minimum Gasteiger partial charge on any atom is -0.494 e. The van der Waals surface area contributed by atoms with Gasteiger partial charge < -0.3 is 29.5 Å². The molecule has 4 rings (SSSR count). The molecule has 0 radical (unpaired) electrons. The van der Waals surface area contributed by atoms with Crippen LogP contribution in [0.1, 0.15) is 17.7 Å². The third kappa shape index (κ3) is 7.72. The van der Waals surface area contributed by atoms with E-state index in [1.54, 1.807) is 18.2 Å². The number of methoxy groups -OCH3 is 1. The molecule has 14 heteroatoms. The summed E-state index contributed by atoms with van der Waals surface area (Å²) in [6, 6.07) is 10.2. The summed E-state index contributed by atoms with van der Waals surface area (Å²) in [4.78, 5) is 10.9. The van der Waals surface area contributed by atoms with Crippen LogP contribution in [0.15, 0.2) is 30.3 Å². The number of nitrogens with one attached hydrogen (secondary N) is 1. The molecule has 2 N–H and O–H groups in total. The second-order valence-electron chi connectivity index (χ2n) is 8.53. The summed E-state index contributed by atoms with van der Waals surface area (Å²) in [5.74, 6) is -2.38. The van der Waals surface area contributed by atoms with Crippen LogP contribution in [0.4, 0.5) is 23.4 Å². The number of alkyl halides is 3. The van der Waals surface area contributed by atoms with Crippen LogP contribution in [0, 0.1) is 22.6 Å². The van der Waals surface area contributed by atoms with E-state index in [0.717, 1.165) is 18.7 Å². The number of carboxylic acid groups (broad SMARTS) is 1. The molecular formula is C23H25F4N5O5. The van der Waals surface area contributed by atoms with Gasteiger partial charge in [0, 0.05) is 38.0 Å². The predicted octanol–water partition coefficient (Wildman–Crippen LogP) is 2.49. The number of aliphatic carboxylic acids is 1. The zero-order valence-corrected chi connectivity index (χ0v) is 19.8. The Morgan fingerprint density at radius 2 is 1.95 bits per heavy atom. The average molecular weight is 527 g/mol. The van der Waals surface area contributed by atoms with E-state index in [4.69, 9.17) is 29.4 Å². The average Bonchev–Trinajstić information content (AvgIpc) is 2.86. The zero-order valence-electron chi connectivity index (χ0n) is 19.8. The highest BCUT2D eigenvalue weighted by molar-refractivity contribution is 5.73. The number of benzene rings is 1. The molecule has 10 nitrogen and oxygen atoms in total. The highest BCUT2D eigenvalue weighted by atomic mass is 19.4. The Balaban J connectivity index is 0.000000479. The summed E-state index contributed by atoms with van der Waals surface area (Å²) in [5, 5.41) is 27.4. The minimum absolute atomic E-state index is 0.120. The summed E-state index contributed by atoms with van der Waals surface area (Å²) >= 11 is 0. The lowest BCUT2D eigenvalue weighted by Crippen LogP contribution is -2.61. The SMILES string of the molecule is COc1ccc(CN(CCC2OCC3(CNC3)CO2)c2ccc(C#N)nn2)cc1F.O=C(O)C(F)(F)F. The fourth-order valence-electron chi connectivity index (χ4n) is 3.60. The number of rotatable bonds is 7. The summed E-state index contributed by atoms with van der Waals surface area (Å²) in [6.45, 7) is 4.22. The molecule has 0 amide bonds. The molecule has 37 heavy (non-hydrogen) atoms. The van der Waals surface area contributed by atoms with Crippen LogP contribution in [0.2, 0.25) is 0 Å².